The zero-order valence-corrected chi connectivity index (χ0v) is 7.07. The summed E-state index contributed by atoms with van der Waals surface area (Å²) in [4.78, 5) is 0. The third-order valence-electron chi connectivity index (χ3n) is 1.33. The molecule has 0 aromatic heterocycles. The molecule has 1 aromatic rings. The Balaban J connectivity index is 2.71. The highest BCUT2D eigenvalue weighted by Gasteiger charge is 1.97. The van der Waals surface area contributed by atoms with E-state index in [0.29, 0.717) is 5.02 Å². The quantitative estimate of drug-likeness (QED) is 0.678. The Hall–Kier alpha value is -0.765. The molecule has 0 saturated carbocycles. The minimum atomic E-state index is -1.40. The Labute approximate surface area is 76.3 Å². The summed E-state index contributed by atoms with van der Waals surface area (Å²) in [5.74, 6) is 1.28. The first kappa shape index (κ1) is 9.32. The maximum atomic E-state index is 8.51. The largest absolute Gasteiger partial charge is 0.480 e. The van der Waals surface area contributed by atoms with Gasteiger partial charge in [-0.1, -0.05) is 35.8 Å². The van der Waals surface area contributed by atoms with E-state index in [2.05, 4.69) is 0 Å². The van der Waals surface area contributed by atoms with Crippen LogP contribution in [0, 0.1) is 0 Å². The molecule has 0 atom stereocenters. The Morgan fingerprint density at radius 1 is 1.17 bits per heavy atom. The Kier molecular flexibility index (Phi) is 3.35. The molecule has 0 radical (unpaired) electrons. The Morgan fingerprint density at radius 3 is 2.25 bits per heavy atom. The maximum absolute atomic E-state index is 8.51. The van der Waals surface area contributed by atoms with Crippen molar-refractivity contribution >= 4 is 24.8 Å². The van der Waals surface area contributed by atoms with Gasteiger partial charge in [0.1, 0.15) is 0 Å². The first-order valence-electron chi connectivity index (χ1n) is 3.48. The second-order valence-corrected chi connectivity index (χ2v) is 2.76. The van der Waals surface area contributed by atoms with Gasteiger partial charge in [-0.15, -0.1) is 0 Å². The van der Waals surface area contributed by atoms with Crippen molar-refractivity contribution < 1.29 is 10.0 Å². The van der Waals surface area contributed by atoms with Gasteiger partial charge in [-0.2, -0.15) is 0 Å². The molecule has 1 rings (SSSR count). The minimum Gasteiger partial charge on any atom is -0.424 e. The average molecular weight is 182 g/mol. The molecular formula is C8H8BClO2. The van der Waals surface area contributed by atoms with Gasteiger partial charge >= 0.3 is 7.12 Å². The van der Waals surface area contributed by atoms with E-state index in [9.17, 15) is 0 Å². The standard InChI is InChI=1S/C8H8BClO2/c10-8-3-1-7(2-4-8)5-6-9(11)12/h1-6,11-12H. The summed E-state index contributed by atoms with van der Waals surface area (Å²) in [5.41, 5.74) is 0.882. The van der Waals surface area contributed by atoms with E-state index in [1.54, 1.807) is 30.3 Å². The fourth-order valence-corrected chi connectivity index (χ4v) is 0.897. The molecule has 0 aliphatic rings. The molecule has 0 saturated heterocycles. The summed E-state index contributed by atoms with van der Waals surface area (Å²) in [6.07, 6.45) is 1.61. The van der Waals surface area contributed by atoms with E-state index in [1.165, 1.54) is 5.98 Å². The highest BCUT2D eigenvalue weighted by Crippen LogP contribution is 2.10. The second kappa shape index (κ2) is 4.31. The van der Waals surface area contributed by atoms with E-state index >= 15 is 0 Å². The fraction of sp³-hybridized carbons (Fsp3) is 0. The zero-order valence-electron chi connectivity index (χ0n) is 6.31. The lowest BCUT2D eigenvalue weighted by Crippen LogP contribution is -2.05. The number of halogens is 1. The SMILES string of the molecule is OB(O)C=Cc1ccc(Cl)cc1. The summed E-state index contributed by atoms with van der Waals surface area (Å²) in [6.45, 7) is 0. The zero-order chi connectivity index (χ0) is 8.97. The van der Waals surface area contributed by atoms with Crippen LogP contribution in [0.2, 0.25) is 5.02 Å². The van der Waals surface area contributed by atoms with Crippen molar-refractivity contribution in [1.82, 2.24) is 0 Å². The van der Waals surface area contributed by atoms with E-state index in [1.807, 2.05) is 0 Å². The van der Waals surface area contributed by atoms with Gasteiger partial charge in [0.15, 0.2) is 0 Å². The van der Waals surface area contributed by atoms with Crippen molar-refractivity contribution in [3.63, 3.8) is 0 Å². The van der Waals surface area contributed by atoms with Crippen LogP contribution in [0.4, 0.5) is 0 Å². The monoisotopic (exact) mass is 182 g/mol. The molecule has 0 amide bonds. The summed E-state index contributed by atoms with van der Waals surface area (Å²) >= 11 is 5.65. The van der Waals surface area contributed by atoms with Crippen molar-refractivity contribution in [3.05, 3.63) is 40.8 Å². The van der Waals surface area contributed by atoms with Gasteiger partial charge in [0.05, 0.1) is 0 Å². The summed E-state index contributed by atoms with van der Waals surface area (Å²) in [7, 11) is -1.40. The predicted molar refractivity (Wildman–Crippen MR) is 50.7 cm³/mol. The molecule has 0 spiro atoms. The van der Waals surface area contributed by atoms with E-state index in [-0.39, 0.29) is 0 Å². The molecule has 2 N–H and O–H groups in total. The van der Waals surface area contributed by atoms with Gasteiger partial charge in [-0.25, -0.2) is 0 Å². The second-order valence-electron chi connectivity index (χ2n) is 2.32. The van der Waals surface area contributed by atoms with Gasteiger partial charge in [-0.3, -0.25) is 0 Å². The molecule has 0 aliphatic heterocycles. The lowest BCUT2D eigenvalue weighted by Gasteiger charge is -1.92. The molecular weight excluding hydrogens is 174 g/mol. The fourth-order valence-electron chi connectivity index (χ4n) is 0.771. The highest BCUT2D eigenvalue weighted by atomic mass is 35.5. The van der Waals surface area contributed by atoms with Crippen molar-refractivity contribution in [1.29, 1.82) is 0 Å². The molecule has 0 unspecified atom stereocenters. The number of benzene rings is 1. The van der Waals surface area contributed by atoms with Gasteiger partial charge in [0, 0.05) is 5.02 Å². The molecule has 1 aromatic carbocycles. The average Bonchev–Trinajstić information content (AvgIpc) is 2.03. The molecule has 0 heterocycles. The van der Waals surface area contributed by atoms with E-state index < -0.39 is 7.12 Å². The van der Waals surface area contributed by atoms with Crippen LogP contribution >= 0.6 is 11.6 Å². The van der Waals surface area contributed by atoms with Crippen LogP contribution in [0.15, 0.2) is 30.2 Å². The van der Waals surface area contributed by atoms with Crippen LogP contribution in [0.1, 0.15) is 5.56 Å². The molecule has 12 heavy (non-hydrogen) atoms. The van der Waals surface area contributed by atoms with Gasteiger partial charge in [0.2, 0.25) is 0 Å². The van der Waals surface area contributed by atoms with Crippen LogP contribution in [-0.2, 0) is 0 Å². The molecule has 0 aliphatic carbocycles. The normalized spacial score (nSPS) is 10.6. The van der Waals surface area contributed by atoms with Crippen LogP contribution in [0.3, 0.4) is 0 Å². The third kappa shape index (κ3) is 3.09. The first-order chi connectivity index (χ1) is 5.68. The molecule has 2 nitrogen and oxygen atoms in total. The van der Waals surface area contributed by atoms with Crippen molar-refractivity contribution in [2.45, 2.75) is 0 Å². The summed E-state index contributed by atoms with van der Waals surface area (Å²) in [5, 5.41) is 17.7. The van der Waals surface area contributed by atoms with Crippen LogP contribution in [0.25, 0.3) is 6.08 Å². The lowest BCUT2D eigenvalue weighted by molar-refractivity contribution is 0.424. The highest BCUT2D eigenvalue weighted by molar-refractivity contribution is 6.48. The number of hydrogen-bond acceptors (Lipinski definition) is 2. The molecule has 0 fully saturated rings. The predicted octanol–water partition coefficient (Wildman–Crippen LogP) is 1.37. The van der Waals surface area contributed by atoms with Gasteiger partial charge < -0.3 is 10.0 Å². The van der Waals surface area contributed by atoms with E-state index in [4.69, 9.17) is 21.6 Å². The minimum absolute atomic E-state index is 0.664. The van der Waals surface area contributed by atoms with Crippen LogP contribution < -0.4 is 0 Å². The van der Waals surface area contributed by atoms with Crippen molar-refractivity contribution in [3.8, 4) is 0 Å². The third-order valence-corrected chi connectivity index (χ3v) is 1.58. The maximum Gasteiger partial charge on any atom is 0.480 e. The summed E-state index contributed by atoms with van der Waals surface area (Å²) in [6, 6.07) is 7.07. The van der Waals surface area contributed by atoms with Crippen LogP contribution in [-0.4, -0.2) is 17.2 Å². The lowest BCUT2D eigenvalue weighted by atomic mass is 9.91. The number of rotatable bonds is 2. The Bertz CT molecular complexity index is 269. The Morgan fingerprint density at radius 2 is 1.75 bits per heavy atom. The van der Waals surface area contributed by atoms with E-state index in [0.717, 1.165) is 5.56 Å². The molecule has 62 valence electrons. The van der Waals surface area contributed by atoms with Gasteiger partial charge in [0.25, 0.3) is 0 Å². The molecule has 0 bridgehead atoms. The smallest absolute Gasteiger partial charge is 0.424 e. The topological polar surface area (TPSA) is 40.5 Å². The first-order valence-corrected chi connectivity index (χ1v) is 3.86. The number of hydrogen-bond donors (Lipinski definition) is 2. The van der Waals surface area contributed by atoms with Crippen molar-refractivity contribution in [2.75, 3.05) is 0 Å². The summed E-state index contributed by atoms with van der Waals surface area (Å²) < 4.78 is 0. The van der Waals surface area contributed by atoms with Crippen LogP contribution in [0.5, 0.6) is 0 Å². The van der Waals surface area contributed by atoms with Gasteiger partial charge in [-0.05, 0) is 17.7 Å². The molecule has 4 heteroatoms. The van der Waals surface area contributed by atoms with Crippen molar-refractivity contribution in [2.24, 2.45) is 0 Å².